The SMILES string of the molecule is Cc1ccc(Cl)c(NC(=O)c2ccn(C3CCCNC3)n2)c1. The van der Waals surface area contributed by atoms with Gasteiger partial charge >= 0.3 is 0 Å². The van der Waals surface area contributed by atoms with E-state index in [2.05, 4.69) is 15.7 Å². The van der Waals surface area contributed by atoms with Crippen LogP contribution >= 0.6 is 11.6 Å². The number of nitrogens with one attached hydrogen (secondary N) is 2. The summed E-state index contributed by atoms with van der Waals surface area (Å²) in [5.41, 5.74) is 2.06. The molecule has 5 nitrogen and oxygen atoms in total. The molecule has 0 spiro atoms. The Morgan fingerprint density at radius 2 is 2.32 bits per heavy atom. The van der Waals surface area contributed by atoms with Crippen LogP contribution in [0.3, 0.4) is 0 Å². The number of anilines is 1. The first-order valence-corrected chi connectivity index (χ1v) is 7.84. The molecule has 6 heteroatoms. The Hall–Kier alpha value is -1.85. The Morgan fingerprint density at radius 3 is 3.09 bits per heavy atom. The lowest BCUT2D eigenvalue weighted by molar-refractivity contribution is 0.102. The summed E-state index contributed by atoms with van der Waals surface area (Å²) in [6.45, 7) is 3.90. The van der Waals surface area contributed by atoms with Crippen LogP contribution in [0.25, 0.3) is 0 Å². The number of piperidine rings is 1. The van der Waals surface area contributed by atoms with Gasteiger partial charge < -0.3 is 10.6 Å². The molecule has 0 saturated carbocycles. The topological polar surface area (TPSA) is 59.0 Å². The number of rotatable bonds is 3. The van der Waals surface area contributed by atoms with Gasteiger partial charge in [0.25, 0.3) is 5.91 Å². The fourth-order valence-electron chi connectivity index (χ4n) is 2.64. The number of nitrogens with zero attached hydrogens (tertiary/aromatic N) is 2. The lowest BCUT2D eigenvalue weighted by Crippen LogP contribution is -2.32. The third kappa shape index (κ3) is 3.31. The normalized spacial score (nSPS) is 18.2. The zero-order valence-corrected chi connectivity index (χ0v) is 13.2. The minimum atomic E-state index is -0.241. The summed E-state index contributed by atoms with van der Waals surface area (Å²) in [7, 11) is 0. The second-order valence-electron chi connectivity index (χ2n) is 5.62. The molecule has 3 rings (SSSR count). The lowest BCUT2D eigenvalue weighted by Gasteiger charge is -2.22. The van der Waals surface area contributed by atoms with E-state index in [4.69, 9.17) is 11.6 Å². The van der Waals surface area contributed by atoms with E-state index in [0.717, 1.165) is 31.5 Å². The first-order valence-electron chi connectivity index (χ1n) is 7.47. The monoisotopic (exact) mass is 318 g/mol. The van der Waals surface area contributed by atoms with Crippen LogP contribution in [-0.2, 0) is 0 Å². The van der Waals surface area contributed by atoms with Gasteiger partial charge in [-0.05, 0) is 50.1 Å². The number of aromatic nitrogens is 2. The quantitative estimate of drug-likeness (QED) is 0.914. The number of aryl methyl sites for hydroxylation is 1. The van der Waals surface area contributed by atoms with Gasteiger partial charge in [0, 0.05) is 12.7 Å². The maximum atomic E-state index is 12.3. The molecule has 2 aromatic rings. The highest BCUT2D eigenvalue weighted by atomic mass is 35.5. The second kappa shape index (κ2) is 6.50. The molecule has 0 radical (unpaired) electrons. The minimum absolute atomic E-state index is 0.241. The van der Waals surface area contributed by atoms with Crippen molar-refractivity contribution in [1.82, 2.24) is 15.1 Å². The molecule has 1 fully saturated rings. The van der Waals surface area contributed by atoms with Gasteiger partial charge in [-0.2, -0.15) is 5.10 Å². The maximum absolute atomic E-state index is 12.3. The third-order valence-electron chi connectivity index (χ3n) is 3.86. The van der Waals surface area contributed by atoms with E-state index in [1.807, 2.05) is 29.9 Å². The number of hydrogen-bond acceptors (Lipinski definition) is 3. The predicted molar refractivity (Wildman–Crippen MR) is 87.5 cm³/mol. The summed E-state index contributed by atoms with van der Waals surface area (Å²) in [5.74, 6) is -0.241. The highest BCUT2D eigenvalue weighted by Gasteiger charge is 2.18. The van der Waals surface area contributed by atoms with Crippen LogP contribution in [0.2, 0.25) is 5.02 Å². The van der Waals surface area contributed by atoms with Crippen molar-refractivity contribution in [2.24, 2.45) is 0 Å². The van der Waals surface area contributed by atoms with Gasteiger partial charge in [-0.25, -0.2) is 0 Å². The number of hydrogen-bond donors (Lipinski definition) is 2. The molecule has 1 aromatic carbocycles. The van der Waals surface area contributed by atoms with Gasteiger partial charge in [0.1, 0.15) is 0 Å². The van der Waals surface area contributed by atoms with E-state index in [0.29, 0.717) is 22.4 Å². The van der Waals surface area contributed by atoms with Crippen molar-refractivity contribution in [3.8, 4) is 0 Å². The van der Waals surface area contributed by atoms with Crippen molar-refractivity contribution >= 4 is 23.2 Å². The van der Waals surface area contributed by atoms with Gasteiger partial charge in [-0.3, -0.25) is 9.48 Å². The van der Waals surface area contributed by atoms with Crippen LogP contribution < -0.4 is 10.6 Å². The van der Waals surface area contributed by atoms with Crippen molar-refractivity contribution in [3.63, 3.8) is 0 Å². The molecule has 1 aliphatic heterocycles. The first-order chi connectivity index (χ1) is 10.6. The van der Waals surface area contributed by atoms with Crippen molar-refractivity contribution in [2.75, 3.05) is 18.4 Å². The fraction of sp³-hybridized carbons (Fsp3) is 0.375. The molecular formula is C16H19ClN4O. The summed E-state index contributed by atoms with van der Waals surface area (Å²) >= 11 is 6.11. The van der Waals surface area contributed by atoms with Gasteiger partial charge in [-0.15, -0.1) is 0 Å². The average molecular weight is 319 g/mol. The molecular weight excluding hydrogens is 300 g/mol. The van der Waals surface area contributed by atoms with Gasteiger partial charge in [0.15, 0.2) is 5.69 Å². The molecule has 1 unspecified atom stereocenters. The zero-order chi connectivity index (χ0) is 15.5. The van der Waals surface area contributed by atoms with E-state index < -0.39 is 0 Å². The highest BCUT2D eigenvalue weighted by molar-refractivity contribution is 6.33. The van der Waals surface area contributed by atoms with Crippen molar-refractivity contribution in [3.05, 3.63) is 46.7 Å². The van der Waals surface area contributed by atoms with Crippen LogP contribution in [-0.4, -0.2) is 28.8 Å². The van der Waals surface area contributed by atoms with Crippen molar-refractivity contribution in [1.29, 1.82) is 0 Å². The Kier molecular flexibility index (Phi) is 4.45. The summed E-state index contributed by atoms with van der Waals surface area (Å²) in [6, 6.07) is 7.59. The number of amides is 1. The Morgan fingerprint density at radius 1 is 1.45 bits per heavy atom. The maximum Gasteiger partial charge on any atom is 0.276 e. The van der Waals surface area contributed by atoms with E-state index >= 15 is 0 Å². The molecule has 1 aliphatic rings. The van der Waals surface area contributed by atoms with Crippen molar-refractivity contribution < 1.29 is 4.79 Å². The minimum Gasteiger partial charge on any atom is -0.319 e. The smallest absolute Gasteiger partial charge is 0.276 e. The first kappa shape index (κ1) is 15.1. The van der Waals surface area contributed by atoms with Gasteiger partial charge in [0.2, 0.25) is 0 Å². The molecule has 22 heavy (non-hydrogen) atoms. The number of benzene rings is 1. The van der Waals surface area contributed by atoms with E-state index in [1.54, 1.807) is 12.1 Å². The summed E-state index contributed by atoms with van der Waals surface area (Å²) in [5, 5.41) is 11.1. The van der Waals surface area contributed by atoms with Crippen LogP contribution in [0, 0.1) is 6.92 Å². The number of halogens is 1. The van der Waals surface area contributed by atoms with Crippen LogP contribution in [0.5, 0.6) is 0 Å². The molecule has 0 aliphatic carbocycles. The molecule has 2 N–H and O–H groups in total. The summed E-state index contributed by atoms with van der Waals surface area (Å²) in [4.78, 5) is 12.3. The Bertz CT molecular complexity index is 677. The molecule has 1 atom stereocenters. The van der Waals surface area contributed by atoms with Crippen LogP contribution in [0.4, 0.5) is 5.69 Å². The van der Waals surface area contributed by atoms with Gasteiger partial charge in [0.05, 0.1) is 16.8 Å². The molecule has 2 heterocycles. The zero-order valence-electron chi connectivity index (χ0n) is 12.5. The molecule has 1 saturated heterocycles. The fourth-order valence-corrected chi connectivity index (χ4v) is 2.81. The highest BCUT2D eigenvalue weighted by Crippen LogP contribution is 2.23. The summed E-state index contributed by atoms with van der Waals surface area (Å²) in [6.07, 6.45) is 4.08. The Balaban J connectivity index is 1.72. The third-order valence-corrected chi connectivity index (χ3v) is 4.19. The van der Waals surface area contributed by atoms with Crippen LogP contribution in [0.1, 0.15) is 34.9 Å². The summed E-state index contributed by atoms with van der Waals surface area (Å²) < 4.78 is 1.87. The Labute approximate surface area is 134 Å². The standard InChI is InChI=1S/C16H19ClN4O/c1-11-4-5-13(17)15(9-11)19-16(22)14-6-8-21(20-14)12-3-2-7-18-10-12/h4-6,8-9,12,18H,2-3,7,10H2,1H3,(H,19,22). The average Bonchev–Trinajstić information content (AvgIpc) is 3.02. The molecule has 0 bridgehead atoms. The second-order valence-corrected chi connectivity index (χ2v) is 6.03. The van der Waals surface area contributed by atoms with Crippen LogP contribution in [0.15, 0.2) is 30.5 Å². The molecule has 1 amide bonds. The molecule has 116 valence electrons. The van der Waals surface area contributed by atoms with E-state index in [-0.39, 0.29) is 5.91 Å². The number of carbonyl (C=O) groups is 1. The van der Waals surface area contributed by atoms with E-state index in [1.165, 1.54) is 0 Å². The molecule has 1 aromatic heterocycles. The lowest BCUT2D eigenvalue weighted by atomic mass is 10.1. The van der Waals surface area contributed by atoms with Crippen molar-refractivity contribution in [2.45, 2.75) is 25.8 Å². The number of carbonyl (C=O) groups excluding carboxylic acids is 1. The predicted octanol–water partition coefficient (Wildman–Crippen LogP) is 3.02. The van der Waals surface area contributed by atoms with E-state index in [9.17, 15) is 4.79 Å². The largest absolute Gasteiger partial charge is 0.319 e. The van der Waals surface area contributed by atoms with Gasteiger partial charge in [-0.1, -0.05) is 17.7 Å².